The zero-order valence-corrected chi connectivity index (χ0v) is 15.9. The summed E-state index contributed by atoms with van der Waals surface area (Å²) in [6, 6.07) is 6.67. The van der Waals surface area contributed by atoms with E-state index in [9.17, 15) is 19.2 Å². The van der Waals surface area contributed by atoms with Crippen LogP contribution in [0.3, 0.4) is 0 Å². The molecule has 3 N–H and O–H groups in total. The van der Waals surface area contributed by atoms with Gasteiger partial charge in [-0.05, 0) is 51.5 Å². The molecule has 8 nitrogen and oxygen atoms in total. The van der Waals surface area contributed by atoms with Gasteiger partial charge in [-0.1, -0.05) is 0 Å². The maximum Gasteiger partial charge on any atom is 0.251 e. The second-order valence-corrected chi connectivity index (χ2v) is 7.45. The molecule has 0 atom stereocenters. The average Bonchev–Trinajstić information content (AvgIpc) is 3.02. The smallest absolute Gasteiger partial charge is 0.251 e. The van der Waals surface area contributed by atoms with Gasteiger partial charge >= 0.3 is 0 Å². The van der Waals surface area contributed by atoms with Crippen LogP contribution in [0.15, 0.2) is 24.3 Å². The molecule has 0 aliphatic carbocycles. The summed E-state index contributed by atoms with van der Waals surface area (Å²) < 4.78 is 0. The summed E-state index contributed by atoms with van der Waals surface area (Å²) in [5, 5.41) is 7.69. The van der Waals surface area contributed by atoms with Crippen LogP contribution in [0.4, 0.5) is 5.69 Å². The quantitative estimate of drug-likeness (QED) is 0.677. The summed E-state index contributed by atoms with van der Waals surface area (Å²) >= 11 is 0. The first-order valence-electron chi connectivity index (χ1n) is 8.92. The van der Waals surface area contributed by atoms with Crippen molar-refractivity contribution in [3.05, 3.63) is 29.8 Å². The molecule has 4 amide bonds. The van der Waals surface area contributed by atoms with Gasteiger partial charge in [0.25, 0.3) is 5.91 Å². The highest BCUT2D eigenvalue weighted by Crippen LogP contribution is 2.21. The summed E-state index contributed by atoms with van der Waals surface area (Å²) in [4.78, 5) is 49.0. The molecule has 1 heterocycles. The predicted octanol–water partition coefficient (Wildman–Crippen LogP) is 0.574. The van der Waals surface area contributed by atoms with E-state index in [2.05, 4.69) is 16.0 Å². The summed E-state index contributed by atoms with van der Waals surface area (Å²) in [5.74, 6) is -1.07. The Morgan fingerprint density at radius 3 is 2.19 bits per heavy atom. The number of carbonyl (C=O) groups excluding carboxylic acids is 4. The van der Waals surface area contributed by atoms with E-state index in [-0.39, 0.29) is 30.4 Å². The highest BCUT2D eigenvalue weighted by molar-refractivity contribution is 5.98. The molecule has 1 saturated heterocycles. The molecular weight excluding hydrogens is 348 g/mol. The second kappa shape index (κ2) is 8.66. The molecule has 1 aromatic rings. The molecule has 27 heavy (non-hydrogen) atoms. The van der Waals surface area contributed by atoms with Gasteiger partial charge in [0.15, 0.2) is 0 Å². The van der Waals surface area contributed by atoms with E-state index < -0.39 is 11.8 Å². The van der Waals surface area contributed by atoms with Crippen molar-refractivity contribution in [3.8, 4) is 0 Å². The van der Waals surface area contributed by atoms with E-state index in [1.165, 1.54) is 0 Å². The van der Waals surface area contributed by atoms with Gasteiger partial charge in [-0.15, -0.1) is 0 Å². The third-order valence-corrected chi connectivity index (χ3v) is 3.88. The van der Waals surface area contributed by atoms with Gasteiger partial charge in [0.2, 0.25) is 17.7 Å². The fourth-order valence-corrected chi connectivity index (χ4v) is 2.68. The van der Waals surface area contributed by atoms with E-state index in [0.29, 0.717) is 18.5 Å². The normalized spacial score (nSPS) is 14.0. The average molecular weight is 374 g/mol. The van der Waals surface area contributed by atoms with E-state index in [4.69, 9.17) is 0 Å². The fraction of sp³-hybridized carbons (Fsp3) is 0.474. The zero-order chi connectivity index (χ0) is 20.0. The Morgan fingerprint density at radius 1 is 1.00 bits per heavy atom. The van der Waals surface area contributed by atoms with Crippen LogP contribution < -0.4 is 20.9 Å². The first-order valence-corrected chi connectivity index (χ1v) is 8.92. The topological polar surface area (TPSA) is 108 Å². The largest absolute Gasteiger partial charge is 0.350 e. The second-order valence-electron chi connectivity index (χ2n) is 7.45. The molecule has 1 fully saturated rings. The highest BCUT2D eigenvalue weighted by atomic mass is 16.2. The Kier molecular flexibility index (Phi) is 6.55. The minimum absolute atomic E-state index is 0.0828. The summed E-state index contributed by atoms with van der Waals surface area (Å²) in [6.45, 7) is 5.85. The molecule has 1 aromatic carbocycles. The van der Waals surface area contributed by atoms with Crippen LogP contribution in [0.25, 0.3) is 0 Å². The number of carbonyl (C=O) groups is 4. The number of rotatable bonds is 6. The van der Waals surface area contributed by atoms with Gasteiger partial charge in [0.1, 0.15) is 0 Å². The number of hydrogen-bond donors (Lipinski definition) is 3. The number of amides is 4. The van der Waals surface area contributed by atoms with Crippen molar-refractivity contribution < 1.29 is 19.2 Å². The van der Waals surface area contributed by atoms with Crippen LogP contribution in [0.5, 0.6) is 0 Å². The molecule has 0 aromatic heterocycles. The lowest BCUT2D eigenvalue weighted by Crippen LogP contribution is -2.47. The van der Waals surface area contributed by atoms with Crippen LogP contribution in [0, 0.1) is 0 Å². The molecule has 0 spiro atoms. The molecule has 0 saturated carbocycles. The molecule has 1 aliphatic rings. The van der Waals surface area contributed by atoms with Crippen LogP contribution in [-0.2, 0) is 14.4 Å². The van der Waals surface area contributed by atoms with Gasteiger partial charge in [-0.25, -0.2) is 0 Å². The van der Waals surface area contributed by atoms with Crippen molar-refractivity contribution in [2.24, 2.45) is 0 Å². The Labute approximate surface area is 158 Å². The van der Waals surface area contributed by atoms with Crippen LogP contribution in [-0.4, -0.2) is 48.8 Å². The molecule has 2 rings (SSSR count). The van der Waals surface area contributed by atoms with Crippen LogP contribution >= 0.6 is 0 Å². The van der Waals surface area contributed by atoms with E-state index in [1.54, 1.807) is 29.2 Å². The standard InChI is InChI=1S/C19H26N4O4/c1-19(2,3)22-16(25)12-20-15(24)11-21-18(27)13-6-8-14(9-7-13)23-10-4-5-17(23)26/h6-9H,4-5,10-12H2,1-3H3,(H,20,24)(H,21,27)(H,22,25). The van der Waals surface area contributed by atoms with Crippen LogP contribution in [0.1, 0.15) is 44.0 Å². The van der Waals surface area contributed by atoms with Gasteiger partial charge in [-0.2, -0.15) is 0 Å². The van der Waals surface area contributed by atoms with Gasteiger partial charge < -0.3 is 20.9 Å². The summed E-state index contributed by atoms with van der Waals surface area (Å²) in [7, 11) is 0. The number of hydrogen-bond acceptors (Lipinski definition) is 4. The van der Waals surface area contributed by atoms with Crippen molar-refractivity contribution >= 4 is 29.3 Å². The molecular formula is C19H26N4O4. The maximum absolute atomic E-state index is 12.1. The SMILES string of the molecule is CC(C)(C)NC(=O)CNC(=O)CNC(=O)c1ccc(N2CCCC2=O)cc1. The molecule has 8 heteroatoms. The van der Waals surface area contributed by atoms with Gasteiger partial charge in [-0.3, -0.25) is 19.2 Å². The molecule has 0 unspecified atom stereocenters. The first-order chi connectivity index (χ1) is 12.7. The Hall–Kier alpha value is -2.90. The molecule has 146 valence electrons. The highest BCUT2D eigenvalue weighted by Gasteiger charge is 2.21. The van der Waals surface area contributed by atoms with Crippen molar-refractivity contribution in [1.29, 1.82) is 0 Å². The van der Waals surface area contributed by atoms with Crippen molar-refractivity contribution in [2.75, 3.05) is 24.5 Å². The van der Waals surface area contributed by atoms with Crippen molar-refractivity contribution in [2.45, 2.75) is 39.2 Å². The van der Waals surface area contributed by atoms with E-state index in [1.807, 2.05) is 20.8 Å². The lowest BCUT2D eigenvalue weighted by Gasteiger charge is -2.20. The van der Waals surface area contributed by atoms with Gasteiger partial charge in [0.05, 0.1) is 13.1 Å². The lowest BCUT2D eigenvalue weighted by molar-refractivity contribution is -0.126. The fourth-order valence-electron chi connectivity index (χ4n) is 2.68. The van der Waals surface area contributed by atoms with E-state index in [0.717, 1.165) is 12.1 Å². The summed E-state index contributed by atoms with van der Waals surface area (Å²) in [6.07, 6.45) is 1.38. The van der Waals surface area contributed by atoms with Crippen molar-refractivity contribution in [1.82, 2.24) is 16.0 Å². The van der Waals surface area contributed by atoms with E-state index >= 15 is 0 Å². The Bertz CT molecular complexity index is 722. The maximum atomic E-state index is 12.1. The minimum Gasteiger partial charge on any atom is -0.350 e. The van der Waals surface area contributed by atoms with Gasteiger partial charge in [0, 0.05) is 29.8 Å². The zero-order valence-electron chi connectivity index (χ0n) is 15.9. The predicted molar refractivity (Wildman–Crippen MR) is 101 cm³/mol. The lowest BCUT2D eigenvalue weighted by atomic mass is 10.1. The van der Waals surface area contributed by atoms with Crippen LogP contribution in [0.2, 0.25) is 0 Å². The first kappa shape index (κ1) is 20.4. The number of anilines is 1. The molecule has 0 radical (unpaired) electrons. The third-order valence-electron chi connectivity index (χ3n) is 3.88. The monoisotopic (exact) mass is 374 g/mol. The number of benzene rings is 1. The minimum atomic E-state index is -0.452. The number of nitrogens with one attached hydrogen (secondary N) is 3. The number of nitrogens with zero attached hydrogens (tertiary/aromatic N) is 1. The summed E-state index contributed by atoms with van der Waals surface area (Å²) in [5.41, 5.74) is 0.780. The Balaban J connectivity index is 1.77. The molecule has 0 bridgehead atoms. The van der Waals surface area contributed by atoms with Crippen molar-refractivity contribution in [3.63, 3.8) is 0 Å². The third kappa shape index (κ3) is 6.40. The molecule has 1 aliphatic heterocycles. The Morgan fingerprint density at radius 2 is 1.63 bits per heavy atom.